The van der Waals surface area contributed by atoms with Crippen LogP contribution in [-0.2, 0) is 0 Å². The molecule has 0 saturated heterocycles. The number of carbonyl (C=O) groups is 1. The first-order chi connectivity index (χ1) is 7.47. The van der Waals surface area contributed by atoms with E-state index in [4.69, 9.17) is 11.5 Å². The Balaban J connectivity index is 3.03. The number of primary amides is 1. The van der Waals surface area contributed by atoms with Crippen LogP contribution in [0.1, 0.15) is 16.6 Å². The molecule has 0 saturated carbocycles. The molecule has 16 heavy (non-hydrogen) atoms. The predicted octanol–water partition coefficient (Wildman–Crippen LogP) is 2.14. The van der Waals surface area contributed by atoms with E-state index in [0.29, 0.717) is 17.1 Å². The molecular weight excluding hydrogens is 242 g/mol. The molecule has 0 aliphatic heterocycles. The molecule has 0 atom stereocenters. The van der Waals surface area contributed by atoms with Crippen molar-refractivity contribution in [2.45, 2.75) is 11.8 Å². The summed E-state index contributed by atoms with van der Waals surface area (Å²) in [5.74, 6) is -0.485. The van der Waals surface area contributed by atoms with Gasteiger partial charge in [-0.05, 0) is 13.2 Å². The molecule has 6 heteroatoms. The maximum atomic E-state index is 11.1. The minimum Gasteiger partial charge on any atom is -0.396 e. The fourth-order valence-electron chi connectivity index (χ4n) is 1.16. The van der Waals surface area contributed by atoms with Gasteiger partial charge in [0, 0.05) is 6.54 Å². The van der Waals surface area contributed by atoms with Crippen molar-refractivity contribution in [3.63, 3.8) is 0 Å². The molecule has 1 aromatic rings. The van der Waals surface area contributed by atoms with Crippen molar-refractivity contribution >= 4 is 39.7 Å². The van der Waals surface area contributed by atoms with Gasteiger partial charge in [0.1, 0.15) is 9.88 Å². The van der Waals surface area contributed by atoms with E-state index in [1.807, 2.05) is 13.2 Å². The lowest BCUT2D eigenvalue weighted by Crippen LogP contribution is -2.10. The Hall–Kier alpha value is -1.14. The van der Waals surface area contributed by atoms with E-state index in [1.165, 1.54) is 23.1 Å². The Kier molecular flexibility index (Phi) is 4.26. The van der Waals surface area contributed by atoms with E-state index in [0.717, 1.165) is 15.5 Å². The van der Waals surface area contributed by atoms with E-state index < -0.39 is 5.91 Å². The fourth-order valence-corrected chi connectivity index (χ4v) is 3.04. The standard InChI is InChI=1S/C10H15N3OS2/c1-5(2)4-13-10-8(15-3)6(11)7(16-10)9(12)14/h13H,1,4,11H2,2-3H3,(H2,12,14). The highest BCUT2D eigenvalue weighted by Gasteiger charge is 2.18. The normalized spacial score (nSPS) is 10.1. The molecule has 0 fully saturated rings. The van der Waals surface area contributed by atoms with Gasteiger partial charge < -0.3 is 16.8 Å². The van der Waals surface area contributed by atoms with Gasteiger partial charge in [0.2, 0.25) is 0 Å². The first kappa shape index (κ1) is 12.9. The van der Waals surface area contributed by atoms with Gasteiger partial charge in [-0.15, -0.1) is 23.1 Å². The minimum atomic E-state index is -0.485. The van der Waals surface area contributed by atoms with Crippen LogP contribution < -0.4 is 16.8 Å². The Labute approximate surface area is 103 Å². The summed E-state index contributed by atoms with van der Waals surface area (Å²) in [7, 11) is 0. The summed E-state index contributed by atoms with van der Waals surface area (Å²) in [6.07, 6.45) is 1.91. The zero-order valence-electron chi connectivity index (χ0n) is 9.29. The van der Waals surface area contributed by atoms with Crippen LogP contribution >= 0.6 is 23.1 Å². The van der Waals surface area contributed by atoms with Gasteiger partial charge in [0.25, 0.3) is 5.91 Å². The van der Waals surface area contributed by atoms with Crippen LogP contribution in [0.25, 0.3) is 0 Å². The molecule has 0 aromatic carbocycles. The molecule has 5 N–H and O–H groups in total. The van der Waals surface area contributed by atoms with Crippen molar-refractivity contribution in [1.82, 2.24) is 0 Å². The van der Waals surface area contributed by atoms with Crippen LogP contribution in [0.4, 0.5) is 10.7 Å². The van der Waals surface area contributed by atoms with Crippen LogP contribution in [0.5, 0.6) is 0 Å². The topological polar surface area (TPSA) is 81.1 Å². The highest BCUT2D eigenvalue weighted by atomic mass is 32.2. The summed E-state index contributed by atoms with van der Waals surface area (Å²) >= 11 is 2.79. The van der Waals surface area contributed by atoms with Gasteiger partial charge in [-0.25, -0.2) is 0 Å². The quantitative estimate of drug-likeness (QED) is 0.557. The van der Waals surface area contributed by atoms with Crippen LogP contribution in [-0.4, -0.2) is 18.7 Å². The van der Waals surface area contributed by atoms with Gasteiger partial charge in [-0.1, -0.05) is 12.2 Å². The SMILES string of the molecule is C=C(C)CNc1sc(C(N)=O)c(N)c1SC. The zero-order valence-corrected chi connectivity index (χ0v) is 10.9. The number of anilines is 2. The van der Waals surface area contributed by atoms with Crippen molar-refractivity contribution in [3.05, 3.63) is 17.0 Å². The van der Waals surface area contributed by atoms with Crippen LogP contribution in [0.2, 0.25) is 0 Å². The predicted molar refractivity (Wildman–Crippen MR) is 72.3 cm³/mol. The van der Waals surface area contributed by atoms with Crippen molar-refractivity contribution in [1.29, 1.82) is 0 Å². The lowest BCUT2D eigenvalue weighted by Gasteiger charge is -2.05. The molecule has 1 rings (SSSR count). The molecule has 0 bridgehead atoms. The molecule has 0 spiro atoms. The number of hydrogen-bond donors (Lipinski definition) is 3. The van der Waals surface area contributed by atoms with Crippen LogP contribution in [0, 0.1) is 0 Å². The molecule has 88 valence electrons. The second kappa shape index (κ2) is 5.27. The van der Waals surface area contributed by atoms with E-state index in [2.05, 4.69) is 11.9 Å². The highest BCUT2D eigenvalue weighted by Crippen LogP contribution is 2.41. The third-order valence-corrected chi connectivity index (χ3v) is 4.02. The monoisotopic (exact) mass is 257 g/mol. The maximum Gasteiger partial charge on any atom is 0.261 e. The lowest BCUT2D eigenvalue weighted by molar-refractivity contribution is 0.100. The Morgan fingerprint density at radius 2 is 2.25 bits per heavy atom. The van der Waals surface area contributed by atoms with E-state index in [-0.39, 0.29) is 0 Å². The zero-order chi connectivity index (χ0) is 12.3. The molecule has 1 amide bonds. The molecule has 4 nitrogen and oxygen atoms in total. The van der Waals surface area contributed by atoms with Crippen molar-refractivity contribution < 1.29 is 4.79 Å². The summed E-state index contributed by atoms with van der Waals surface area (Å²) in [6.45, 7) is 6.39. The van der Waals surface area contributed by atoms with E-state index >= 15 is 0 Å². The number of amides is 1. The van der Waals surface area contributed by atoms with Crippen LogP contribution in [0.15, 0.2) is 17.0 Å². The number of thiophene rings is 1. The number of rotatable bonds is 5. The summed E-state index contributed by atoms with van der Waals surface area (Å²) < 4.78 is 0. The maximum absolute atomic E-state index is 11.1. The Bertz CT molecular complexity index is 426. The highest BCUT2D eigenvalue weighted by molar-refractivity contribution is 7.99. The molecule has 1 aromatic heterocycles. The molecule has 0 unspecified atom stereocenters. The number of carbonyl (C=O) groups excluding carboxylic acids is 1. The first-order valence-corrected chi connectivity index (χ1v) is 6.65. The molecular formula is C10H15N3OS2. The minimum absolute atomic E-state index is 0.411. The molecule has 0 radical (unpaired) electrons. The van der Waals surface area contributed by atoms with Gasteiger partial charge in [-0.2, -0.15) is 0 Å². The van der Waals surface area contributed by atoms with Gasteiger partial charge in [0.15, 0.2) is 0 Å². The smallest absolute Gasteiger partial charge is 0.261 e. The van der Waals surface area contributed by atoms with Gasteiger partial charge in [0.05, 0.1) is 10.6 Å². The van der Waals surface area contributed by atoms with Crippen LogP contribution in [0.3, 0.4) is 0 Å². The number of nitrogen functional groups attached to an aromatic ring is 1. The van der Waals surface area contributed by atoms with Gasteiger partial charge >= 0.3 is 0 Å². The van der Waals surface area contributed by atoms with Gasteiger partial charge in [-0.3, -0.25) is 4.79 Å². The average Bonchev–Trinajstić information content (AvgIpc) is 2.51. The molecule has 0 aliphatic carbocycles. The third-order valence-electron chi connectivity index (χ3n) is 1.88. The third kappa shape index (κ3) is 2.70. The largest absolute Gasteiger partial charge is 0.396 e. The Morgan fingerprint density at radius 1 is 1.62 bits per heavy atom. The number of hydrogen-bond acceptors (Lipinski definition) is 5. The second-order valence-electron chi connectivity index (χ2n) is 3.38. The summed E-state index contributed by atoms with van der Waals surface area (Å²) in [4.78, 5) is 12.4. The lowest BCUT2D eigenvalue weighted by atomic mass is 10.3. The van der Waals surface area contributed by atoms with E-state index in [9.17, 15) is 4.79 Å². The average molecular weight is 257 g/mol. The van der Waals surface area contributed by atoms with Crippen molar-refractivity contribution in [3.8, 4) is 0 Å². The summed E-state index contributed by atoms with van der Waals surface area (Å²) in [6, 6.07) is 0. The Morgan fingerprint density at radius 3 is 2.69 bits per heavy atom. The first-order valence-electron chi connectivity index (χ1n) is 4.61. The number of nitrogens with one attached hydrogen (secondary N) is 1. The molecule has 1 heterocycles. The summed E-state index contributed by atoms with van der Waals surface area (Å²) in [5, 5.41) is 4.07. The van der Waals surface area contributed by atoms with E-state index in [1.54, 1.807) is 0 Å². The fraction of sp³-hybridized carbons (Fsp3) is 0.300. The van der Waals surface area contributed by atoms with Crippen molar-refractivity contribution in [2.24, 2.45) is 5.73 Å². The number of thioether (sulfide) groups is 1. The second-order valence-corrected chi connectivity index (χ2v) is 5.22. The molecule has 0 aliphatic rings. The number of nitrogens with two attached hydrogens (primary N) is 2. The van der Waals surface area contributed by atoms with Crippen molar-refractivity contribution in [2.75, 3.05) is 23.9 Å². The summed E-state index contributed by atoms with van der Waals surface area (Å²) in [5.41, 5.74) is 12.6.